The summed E-state index contributed by atoms with van der Waals surface area (Å²) in [5.41, 5.74) is 6.88. The molecule has 0 saturated carbocycles. The standard InChI is InChI=1S/C42H59N5O4Si2/c1-10-15-35-38(33-20-22-42(3,23-21-33)41(48)51-11-2)45-39-36(34-18-19-37(43-28-34)32-16-13-12-14-17-32)29-44-47(39)40(35)46(30-49-24-26-52(4,5)6)31-50-25-27-53(7,8)9/h10,12-20,28-29H,11,21-27,30-31H2,1-9H3/b15-10-. The molecule has 4 aromatic rings. The maximum Gasteiger partial charge on any atom is 0.312 e. The zero-order valence-corrected chi connectivity index (χ0v) is 35.4. The van der Waals surface area contributed by atoms with Crippen molar-refractivity contribution in [3.8, 4) is 22.4 Å². The molecule has 0 N–H and O–H groups in total. The topological polar surface area (TPSA) is 91.1 Å². The SMILES string of the molecule is C/C=C\c1c(C2=CCC(C)(C(=O)OCC)CC2)nc2c(-c3ccc(-c4ccccc4)nc3)cnn2c1N(COCC[Si](C)(C)C)COCC[Si](C)(C)C. The minimum absolute atomic E-state index is 0.144. The molecule has 0 aliphatic heterocycles. The van der Waals surface area contributed by atoms with Crippen LogP contribution in [0.15, 0.2) is 67.0 Å². The Bertz CT molecular complexity index is 1870. The van der Waals surface area contributed by atoms with Crippen molar-refractivity contribution < 1.29 is 19.0 Å². The van der Waals surface area contributed by atoms with Crippen LogP contribution in [-0.4, -0.2) is 75.0 Å². The lowest BCUT2D eigenvalue weighted by Gasteiger charge is -2.32. The molecular weight excluding hydrogens is 695 g/mol. The molecule has 0 amide bonds. The Labute approximate surface area is 318 Å². The molecule has 1 atom stereocenters. The van der Waals surface area contributed by atoms with Gasteiger partial charge in [-0.25, -0.2) is 4.98 Å². The summed E-state index contributed by atoms with van der Waals surface area (Å²) in [7, 11) is -2.60. The smallest absolute Gasteiger partial charge is 0.312 e. The number of carbonyl (C=O) groups is 1. The largest absolute Gasteiger partial charge is 0.466 e. The van der Waals surface area contributed by atoms with Crippen LogP contribution in [0.5, 0.6) is 0 Å². The zero-order valence-electron chi connectivity index (χ0n) is 33.4. The number of esters is 1. The molecule has 1 unspecified atom stereocenters. The number of carbonyl (C=O) groups excluding carboxylic acids is 1. The van der Waals surface area contributed by atoms with Gasteiger partial charge in [0.1, 0.15) is 19.3 Å². The van der Waals surface area contributed by atoms with E-state index in [-0.39, 0.29) is 5.97 Å². The van der Waals surface area contributed by atoms with Crippen molar-refractivity contribution in [1.29, 1.82) is 0 Å². The van der Waals surface area contributed by atoms with Gasteiger partial charge in [0.15, 0.2) is 5.65 Å². The summed E-state index contributed by atoms with van der Waals surface area (Å²) in [6.07, 6.45) is 12.1. The van der Waals surface area contributed by atoms with Crippen LogP contribution < -0.4 is 4.90 Å². The van der Waals surface area contributed by atoms with E-state index < -0.39 is 21.6 Å². The van der Waals surface area contributed by atoms with E-state index in [4.69, 9.17) is 29.3 Å². The highest BCUT2D eigenvalue weighted by Gasteiger charge is 2.37. The molecule has 0 radical (unpaired) electrons. The van der Waals surface area contributed by atoms with Gasteiger partial charge in [-0.15, -0.1) is 0 Å². The monoisotopic (exact) mass is 753 g/mol. The summed E-state index contributed by atoms with van der Waals surface area (Å²) in [4.78, 5) is 25.4. The van der Waals surface area contributed by atoms with Crippen molar-refractivity contribution in [2.45, 2.75) is 91.4 Å². The van der Waals surface area contributed by atoms with Crippen molar-refractivity contribution in [3.63, 3.8) is 0 Å². The summed E-state index contributed by atoms with van der Waals surface area (Å²) >= 11 is 0. The van der Waals surface area contributed by atoms with Gasteiger partial charge in [-0.05, 0) is 63.8 Å². The summed E-state index contributed by atoms with van der Waals surface area (Å²) in [5.74, 6) is 0.721. The lowest BCUT2D eigenvalue weighted by atomic mass is 9.75. The molecule has 53 heavy (non-hydrogen) atoms. The molecule has 0 bridgehead atoms. The second-order valence-corrected chi connectivity index (χ2v) is 28.0. The molecule has 5 rings (SSSR count). The minimum Gasteiger partial charge on any atom is -0.466 e. The number of pyridine rings is 1. The van der Waals surface area contributed by atoms with Gasteiger partial charge in [-0.1, -0.05) is 93.9 Å². The van der Waals surface area contributed by atoms with Gasteiger partial charge < -0.3 is 19.1 Å². The van der Waals surface area contributed by atoms with E-state index in [1.54, 1.807) is 0 Å². The third-order valence-corrected chi connectivity index (χ3v) is 13.1. The lowest BCUT2D eigenvalue weighted by Crippen LogP contribution is -2.34. The number of nitrogens with zero attached hydrogens (tertiary/aromatic N) is 5. The van der Waals surface area contributed by atoms with Gasteiger partial charge in [-0.2, -0.15) is 9.61 Å². The molecule has 3 aromatic heterocycles. The van der Waals surface area contributed by atoms with Crippen LogP contribution in [0.4, 0.5) is 5.82 Å². The summed E-state index contributed by atoms with van der Waals surface area (Å²) < 4.78 is 20.3. The third kappa shape index (κ3) is 10.4. The van der Waals surface area contributed by atoms with Crippen molar-refractivity contribution in [1.82, 2.24) is 19.6 Å². The Morgan fingerprint density at radius 1 is 0.943 bits per heavy atom. The zero-order chi connectivity index (χ0) is 38.2. The van der Waals surface area contributed by atoms with Crippen molar-refractivity contribution in [2.24, 2.45) is 5.41 Å². The highest BCUT2D eigenvalue weighted by molar-refractivity contribution is 6.76. The average Bonchev–Trinajstić information content (AvgIpc) is 3.55. The molecule has 0 saturated heterocycles. The Kier molecular flexibility index (Phi) is 13.3. The molecule has 0 fully saturated rings. The van der Waals surface area contributed by atoms with E-state index in [2.05, 4.69) is 86.7 Å². The molecule has 1 aliphatic carbocycles. The van der Waals surface area contributed by atoms with Gasteiger partial charge in [-0.3, -0.25) is 9.78 Å². The Morgan fingerprint density at radius 2 is 1.62 bits per heavy atom. The van der Waals surface area contributed by atoms with E-state index in [1.807, 2.05) is 55.9 Å². The molecular formula is C42H59N5O4Si2. The lowest BCUT2D eigenvalue weighted by molar-refractivity contribution is -0.154. The fraction of sp³-hybridized carbons (Fsp3) is 0.476. The molecule has 1 aliphatic rings. The first-order valence-corrected chi connectivity index (χ1v) is 26.5. The Balaban J connectivity index is 1.65. The predicted octanol–water partition coefficient (Wildman–Crippen LogP) is 10.1. The van der Waals surface area contributed by atoms with Gasteiger partial charge >= 0.3 is 5.97 Å². The quantitative estimate of drug-likeness (QED) is 0.0456. The summed E-state index contributed by atoms with van der Waals surface area (Å²) in [6, 6.07) is 16.5. The molecule has 1 aromatic carbocycles. The van der Waals surface area contributed by atoms with Crippen LogP contribution in [-0.2, 0) is 19.0 Å². The number of hydrogen-bond donors (Lipinski definition) is 0. The van der Waals surface area contributed by atoms with Gasteiger partial charge in [0.25, 0.3) is 0 Å². The molecule has 11 heteroatoms. The number of allylic oxidation sites excluding steroid dienone is 3. The number of ether oxygens (including phenoxy) is 3. The van der Waals surface area contributed by atoms with E-state index in [0.29, 0.717) is 52.5 Å². The van der Waals surface area contributed by atoms with Crippen molar-refractivity contribution >= 4 is 45.2 Å². The van der Waals surface area contributed by atoms with Crippen LogP contribution in [0, 0.1) is 5.41 Å². The predicted molar refractivity (Wildman–Crippen MR) is 223 cm³/mol. The van der Waals surface area contributed by atoms with E-state index in [1.165, 1.54) is 0 Å². The maximum atomic E-state index is 13.0. The average molecular weight is 754 g/mol. The van der Waals surface area contributed by atoms with E-state index >= 15 is 0 Å². The van der Waals surface area contributed by atoms with Gasteiger partial charge in [0.2, 0.25) is 0 Å². The third-order valence-electron chi connectivity index (χ3n) is 9.74. The van der Waals surface area contributed by atoms with Crippen LogP contribution >= 0.6 is 0 Å². The first-order chi connectivity index (χ1) is 25.2. The van der Waals surface area contributed by atoms with E-state index in [0.717, 1.165) is 62.8 Å². The number of fused-ring (bicyclic) bond motifs is 1. The maximum absolute atomic E-state index is 13.0. The Morgan fingerprint density at radius 3 is 2.17 bits per heavy atom. The van der Waals surface area contributed by atoms with E-state index in [9.17, 15) is 4.79 Å². The molecule has 284 valence electrons. The number of hydrogen-bond acceptors (Lipinski definition) is 8. The van der Waals surface area contributed by atoms with Crippen LogP contribution in [0.25, 0.3) is 39.7 Å². The second kappa shape index (κ2) is 17.5. The number of benzene rings is 1. The summed E-state index contributed by atoms with van der Waals surface area (Å²) in [5, 5.41) is 5.00. The van der Waals surface area contributed by atoms with Crippen LogP contribution in [0.2, 0.25) is 51.4 Å². The number of anilines is 1. The van der Waals surface area contributed by atoms with Gasteiger partial charge in [0, 0.05) is 57.8 Å². The highest BCUT2D eigenvalue weighted by Crippen LogP contribution is 2.42. The number of aromatic nitrogens is 4. The van der Waals surface area contributed by atoms with Crippen molar-refractivity contribution in [3.05, 3.63) is 78.3 Å². The molecule has 0 spiro atoms. The van der Waals surface area contributed by atoms with Crippen LogP contribution in [0.3, 0.4) is 0 Å². The van der Waals surface area contributed by atoms with Crippen LogP contribution in [0.1, 0.15) is 51.3 Å². The minimum atomic E-state index is -1.30. The van der Waals surface area contributed by atoms with Crippen molar-refractivity contribution in [2.75, 3.05) is 38.2 Å². The normalized spacial score (nSPS) is 16.7. The second-order valence-electron chi connectivity index (χ2n) is 16.7. The fourth-order valence-electron chi connectivity index (χ4n) is 6.33. The first kappa shape index (κ1) is 40.3. The summed E-state index contributed by atoms with van der Waals surface area (Å²) in [6.45, 7) is 22.5. The molecule has 9 nitrogen and oxygen atoms in total. The Hall–Kier alpha value is -3.91. The number of rotatable bonds is 17. The molecule has 3 heterocycles. The highest BCUT2D eigenvalue weighted by atomic mass is 28.3. The first-order valence-electron chi connectivity index (χ1n) is 19.1. The van der Waals surface area contributed by atoms with Gasteiger partial charge in [0.05, 0.1) is 29.6 Å². The fourth-order valence-corrected chi connectivity index (χ4v) is 7.84.